The van der Waals surface area contributed by atoms with Crippen molar-refractivity contribution >= 4 is 11.9 Å². The van der Waals surface area contributed by atoms with Gasteiger partial charge >= 0.3 is 11.9 Å². The Morgan fingerprint density at radius 2 is 1.22 bits per heavy atom. The molecule has 0 saturated heterocycles. The second-order valence-electron chi connectivity index (χ2n) is 4.94. The molecule has 0 bridgehead atoms. The highest BCUT2D eigenvalue weighted by atomic mass is 16.4. The van der Waals surface area contributed by atoms with Crippen LogP contribution in [0.4, 0.5) is 0 Å². The van der Waals surface area contributed by atoms with Crippen LogP contribution < -0.4 is 0 Å². The van der Waals surface area contributed by atoms with Crippen molar-refractivity contribution in [3.05, 3.63) is 0 Å². The van der Waals surface area contributed by atoms with Crippen molar-refractivity contribution in [1.82, 2.24) is 0 Å². The molecule has 0 aliphatic rings. The molecule has 0 spiro atoms. The molecule has 0 saturated carbocycles. The van der Waals surface area contributed by atoms with E-state index < -0.39 is 22.8 Å². The second kappa shape index (κ2) is 6.76. The third kappa shape index (κ3) is 2.52. The van der Waals surface area contributed by atoms with Crippen LogP contribution in [-0.4, -0.2) is 22.2 Å². The monoisotopic (exact) mass is 258 g/mol. The molecule has 106 valence electrons. The molecule has 0 aliphatic heterocycles. The van der Waals surface area contributed by atoms with Crippen LogP contribution in [0.15, 0.2) is 0 Å². The number of aliphatic carboxylic acids is 2. The van der Waals surface area contributed by atoms with Crippen LogP contribution in [0.2, 0.25) is 0 Å². The van der Waals surface area contributed by atoms with E-state index in [0.717, 1.165) is 12.8 Å². The normalized spacial score (nSPS) is 15.1. The number of carboxylic acid groups (broad SMARTS) is 2. The van der Waals surface area contributed by atoms with Gasteiger partial charge in [0.15, 0.2) is 0 Å². The summed E-state index contributed by atoms with van der Waals surface area (Å²) in [5.41, 5.74) is -2.32. The van der Waals surface area contributed by atoms with Gasteiger partial charge in [0.05, 0.1) is 10.8 Å². The molecule has 18 heavy (non-hydrogen) atoms. The topological polar surface area (TPSA) is 74.6 Å². The molecule has 1 atom stereocenters. The predicted molar refractivity (Wildman–Crippen MR) is 70.5 cm³/mol. The van der Waals surface area contributed by atoms with Crippen molar-refractivity contribution < 1.29 is 19.8 Å². The van der Waals surface area contributed by atoms with Crippen molar-refractivity contribution in [3.8, 4) is 0 Å². The lowest BCUT2D eigenvalue weighted by atomic mass is 9.57. The van der Waals surface area contributed by atoms with E-state index in [9.17, 15) is 19.8 Å². The van der Waals surface area contributed by atoms with Gasteiger partial charge in [0.1, 0.15) is 0 Å². The van der Waals surface area contributed by atoms with Crippen molar-refractivity contribution in [2.45, 2.75) is 66.2 Å². The maximum atomic E-state index is 11.8. The van der Waals surface area contributed by atoms with Gasteiger partial charge in [-0.2, -0.15) is 0 Å². The standard InChI is InChI=1S/C14H26O4/c1-5-9-10-14(8-4,12(17)18)13(6-2,7-3)11(15)16/h5-10H2,1-4H3,(H,15,16)(H,17,18). The minimum atomic E-state index is -1.16. The van der Waals surface area contributed by atoms with Crippen LogP contribution in [0.5, 0.6) is 0 Å². The first-order valence-corrected chi connectivity index (χ1v) is 6.85. The molecule has 2 N–H and O–H groups in total. The summed E-state index contributed by atoms with van der Waals surface area (Å²) in [6, 6.07) is 0. The molecule has 4 nitrogen and oxygen atoms in total. The third-order valence-corrected chi connectivity index (χ3v) is 4.50. The Balaban J connectivity index is 5.76. The Labute approximate surface area is 109 Å². The van der Waals surface area contributed by atoms with E-state index in [0.29, 0.717) is 25.7 Å². The zero-order valence-corrected chi connectivity index (χ0v) is 12.0. The van der Waals surface area contributed by atoms with Crippen LogP contribution in [0.25, 0.3) is 0 Å². The fraction of sp³-hybridized carbons (Fsp3) is 0.857. The number of rotatable bonds is 9. The summed E-state index contributed by atoms with van der Waals surface area (Å²) in [6.45, 7) is 7.32. The summed E-state index contributed by atoms with van der Waals surface area (Å²) < 4.78 is 0. The number of hydrogen-bond donors (Lipinski definition) is 2. The molecule has 0 aliphatic carbocycles. The Hall–Kier alpha value is -1.06. The van der Waals surface area contributed by atoms with E-state index in [4.69, 9.17) is 0 Å². The van der Waals surface area contributed by atoms with Gasteiger partial charge in [0.25, 0.3) is 0 Å². The molecule has 0 aromatic rings. The summed E-state index contributed by atoms with van der Waals surface area (Å²) in [6.07, 6.45) is 3.11. The highest BCUT2D eigenvalue weighted by Crippen LogP contribution is 2.51. The van der Waals surface area contributed by atoms with E-state index in [1.54, 1.807) is 20.8 Å². The van der Waals surface area contributed by atoms with Gasteiger partial charge < -0.3 is 10.2 Å². The maximum absolute atomic E-state index is 11.8. The molecule has 0 aromatic heterocycles. The minimum absolute atomic E-state index is 0.350. The summed E-state index contributed by atoms with van der Waals surface area (Å²) in [7, 11) is 0. The Morgan fingerprint density at radius 3 is 1.44 bits per heavy atom. The van der Waals surface area contributed by atoms with E-state index in [1.807, 2.05) is 6.92 Å². The summed E-state index contributed by atoms with van der Waals surface area (Å²) in [5, 5.41) is 19.2. The fourth-order valence-corrected chi connectivity index (χ4v) is 3.13. The van der Waals surface area contributed by atoms with E-state index >= 15 is 0 Å². The van der Waals surface area contributed by atoms with Crippen LogP contribution in [-0.2, 0) is 9.59 Å². The lowest BCUT2D eigenvalue weighted by Gasteiger charge is -2.44. The van der Waals surface area contributed by atoms with Gasteiger partial charge in [-0.05, 0) is 25.7 Å². The number of carboxylic acids is 2. The van der Waals surface area contributed by atoms with Gasteiger partial charge in [-0.1, -0.05) is 40.5 Å². The van der Waals surface area contributed by atoms with Gasteiger partial charge in [-0.15, -0.1) is 0 Å². The first kappa shape index (κ1) is 16.9. The molecule has 4 heteroatoms. The molecule has 0 radical (unpaired) electrons. The van der Waals surface area contributed by atoms with Crippen molar-refractivity contribution in [2.75, 3.05) is 0 Å². The second-order valence-corrected chi connectivity index (χ2v) is 4.94. The maximum Gasteiger partial charge on any atom is 0.310 e. The van der Waals surface area contributed by atoms with Gasteiger partial charge in [-0.3, -0.25) is 9.59 Å². The molecular formula is C14H26O4. The van der Waals surface area contributed by atoms with Gasteiger partial charge in [0.2, 0.25) is 0 Å². The minimum Gasteiger partial charge on any atom is -0.481 e. The Kier molecular flexibility index (Phi) is 6.36. The molecular weight excluding hydrogens is 232 g/mol. The SMILES string of the molecule is CCCCC(CC)(C(=O)O)C(CC)(CC)C(=O)O. The van der Waals surface area contributed by atoms with E-state index in [-0.39, 0.29) is 0 Å². The van der Waals surface area contributed by atoms with Crippen LogP contribution in [0.1, 0.15) is 66.2 Å². The van der Waals surface area contributed by atoms with Gasteiger partial charge in [0, 0.05) is 0 Å². The van der Waals surface area contributed by atoms with Crippen molar-refractivity contribution in [1.29, 1.82) is 0 Å². The smallest absolute Gasteiger partial charge is 0.310 e. The lowest BCUT2D eigenvalue weighted by molar-refractivity contribution is -0.177. The molecule has 1 unspecified atom stereocenters. The highest BCUT2D eigenvalue weighted by molar-refractivity contribution is 5.86. The highest BCUT2D eigenvalue weighted by Gasteiger charge is 2.57. The summed E-state index contributed by atoms with van der Waals surface area (Å²) in [5.74, 6) is -1.95. The Morgan fingerprint density at radius 1 is 0.833 bits per heavy atom. The van der Waals surface area contributed by atoms with Crippen molar-refractivity contribution in [2.24, 2.45) is 10.8 Å². The quantitative estimate of drug-likeness (QED) is 0.663. The van der Waals surface area contributed by atoms with Crippen LogP contribution in [0, 0.1) is 10.8 Å². The largest absolute Gasteiger partial charge is 0.481 e. The van der Waals surface area contributed by atoms with Crippen LogP contribution in [0.3, 0.4) is 0 Å². The van der Waals surface area contributed by atoms with Crippen molar-refractivity contribution in [3.63, 3.8) is 0 Å². The average molecular weight is 258 g/mol. The van der Waals surface area contributed by atoms with E-state index in [1.165, 1.54) is 0 Å². The van der Waals surface area contributed by atoms with Crippen LogP contribution >= 0.6 is 0 Å². The predicted octanol–water partition coefficient (Wildman–Crippen LogP) is 3.55. The molecule has 0 amide bonds. The molecule has 0 heterocycles. The zero-order valence-electron chi connectivity index (χ0n) is 12.0. The molecule has 0 rings (SSSR count). The number of hydrogen-bond acceptors (Lipinski definition) is 2. The fourth-order valence-electron chi connectivity index (χ4n) is 3.13. The lowest BCUT2D eigenvalue weighted by Crippen LogP contribution is -2.52. The third-order valence-electron chi connectivity index (χ3n) is 4.50. The van der Waals surface area contributed by atoms with E-state index in [2.05, 4.69) is 0 Å². The number of unbranched alkanes of at least 4 members (excludes halogenated alkanes) is 1. The average Bonchev–Trinajstić information content (AvgIpc) is 2.34. The molecule has 0 aromatic carbocycles. The Bertz CT molecular complexity index is 294. The number of carbonyl (C=O) groups is 2. The molecule has 0 fully saturated rings. The zero-order chi connectivity index (χ0) is 14.4. The summed E-state index contributed by atoms with van der Waals surface area (Å²) in [4.78, 5) is 23.5. The summed E-state index contributed by atoms with van der Waals surface area (Å²) >= 11 is 0. The first-order valence-electron chi connectivity index (χ1n) is 6.85. The first-order chi connectivity index (χ1) is 8.38. The van der Waals surface area contributed by atoms with Gasteiger partial charge in [-0.25, -0.2) is 0 Å².